The van der Waals surface area contributed by atoms with Crippen LogP contribution in [0.15, 0.2) is 88.5 Å². The van der Waals surface area contributed by atoms with Gasteiger partial charge in [-0.15, -0.1) is 10.2 Å². The zero-order valence-corrected chi connectivity index (χ0v) is 16.4. The van der Waals surface area contributed by atoms with Crippen LogP contribution in [-0.4, -0.2) is 10.2 Å². The van der Waals surface area contributed by atoms with E-state index in [9.17, 15) is 4.39 Å². The van der Waals surface area contributed by atoms with Gasteiger partial charge in [-0.25, -0.2) is 4.39 Å². The van der Waals surface area contributed by atoms with Crippen LogP contribution in [0.2, 0.25) is 0 Å². The van der Waals surface area contributed by atoms with Crippen molar-refractivity contribution in [3.63, 3.8) is 0 Å². The van der Waals surface area contributed by atoms with Crippen LogP contribution in [0.3, 0.4) is 0 Å². The number of halogens is 1. The molecule has 0 spiro atoms. The SMILES string of the molecule is Fc1cccc(Cc2nnc(SCc3cccc(OCc4ccccc4)c3)o2)c1. The lowest BCUT2D eigenvalue weighted by Gasteiger charge is -2.07. The van der Waals surface area contributed by atoms with Crippen molar-refractivity contribution in [2.75, 3.05) is 0 Å². The number of hydrogen-bond acceptors (Lipinski definition) is 5. The first-order chi connectivity index (χ1) is 14.2. The molecule has 146 valence electrons. The van der Waals surface area contributed by atoms with Gasteiger partial charge in [-0.1, -0.05) is 66.4 Å². The zero-order valence-electron chi connectivity index (χ0n) is 15.6. The highest BCUT2D eigenvalue weighted by atomic mass is 32.2. The molecule has 0 N–H and O–H groups in total. The van der Waals surface area contributed by atoms with Crippen LogP contribution in [0.1, 0.15) is 22.6 Å². The molecule has 3 aromatic carbocycles. The lowest BCUT2D eigenvalue weighted by molar-refractivity contribution is 0.306. The Hall–Kier alpha value is -3.12. The Labute approximate surface area is 172 Å². The lowest BCUT2D eigenvalue weighted by atomic mass is 10.1. The second-order valence-corrected chi connectivity index (χ2v) is 7.41. The van der Waals surface area contributed by atoms with Crippen LogP contribution in [0, 0.1) is 5.82 Å². The van der Waals surface area contributed by atoms with Crippen LogP contribution < -0.4 is 4.74 Å². The predicted octanol–water partition coefficient (Wildman–Crippen LogP) is 5.67. The zero-order chi connectivity index (χ0) is 19.9. The van der Waals surface area contributed by atoms with Crippen molar-refractivity contribution in [1.82, 2.24) is 10.2 Å². The Morgan fingerprint density at radius 1 is 0.828 bits per heavy atom. The standard InChI is InChI=1S/C23H19FN2O2S/c24-20-10-4-8-18(12-20)14-22-25-26-23(28-22)29-16-19-9-5-11-21(13-19)27-15-17-6-2-1-3-7-17/h1-13H,14-16H2. The summed E-state index contributed by atoms with van der Waals surface area (Å²) in [7, 11) is 0. The van der Waals surface area contributed by atoms with E-state index >= 15 is 0 Å². The predicted molar refractivity (Wildman–Crippen MR) is 110 cm³/mol. The number of nitrogens with zero attached hydrogens (tertiary/aromatic N) is 2. The smallest absolute Gasteiger partial charge is 0.276 e. The number of ether oxygens (including phenoxy) is 1. The molecule has 4 aromatic rings. The highest BCUT2D eigenvalue weighted by Crippen LogP contribution is 2.24. The van der Waals surface area contributed by atoms with Crippen molar-refractivity contribution < 1.29 is 13.5 Å². The number of benzene rings is 3. The number of thioether (sulfide) groups is 1. The largest absolute Gasteiger partial charge is 0.489 e. The third-order valence-corrected chi connectivity index (χ3v) is 5.09. The second-order valence-electron chi connectivity index (χ2n) is 6.48. The van der Waals surface area contributed by atoms with Gasteiger partial charge < -0.3 is 9.15 Å². The first-order valence-electron chi connectivity index (χ1n) is 9.20. The second kappa shape index (κ2) is 9.39. The van der Waals surface area contributed by atoms with Crippen LogP contribution in [0.4, 0.5) is 4.39 Å². The molecule has 0 bridgehead atoms. The Balaban J connectivity index is 1.32. The molecule has 1 heterocycles. The van der Waals surface area contributed by atoms with E-state index in [1.807, 2.05) is 60.7 Å². The van der Waals surface area contributed by atoms with Crippen molar-refractivity contribution in [3.8, 4) is 5.75 Å². The van der Waals surface area contributed by atoms with Crippen LogP contribution in [0.5, 0.6) is 5.75 Å². The van der Waals surface area contributed by atoms with Crippen LogP contribution >= 0.6 is 11.8 Å². The number of rotatable bonds is 8. The molecular weight excluding hydrogens is 387 g/mol. The van der Waals surface area contributed by atoms with Gasteiger partial charge in [-0.05, 0) is 41.0 Å². The third-order valence-electron chi connectivity index (χ3n) is 4.20. The lowest BCUT2D eigenvalue weighted by Crippen LogP contribution is -1.95. The molecule has 0 unspecified atom stereocenters. The van der Waals surface area contributed by atoms with E-state index in [0.717, 1.165) is 22.4 Å². The van der Waals surface area contributed by atoms with Gasteiger partial charge in [0.05, 0.1) is 6.42 Å². The molecule has 0 radical (unpaired) electrons. The highest BCUT2D eigenvalue weighted by Gasteiger charge is 2.09. The molecular formula is C23H19FN2O2S. The van der Waals surface area contributed by atoms with Gasteiger partial charge >= 0.3 is 0 Å². The minimum Gasteiger partial charge on any atom is -0.489 e. The van der Waals surface area contributed by atoms with Crippen LogP contribution in [-0.2, 0) is 18.8 Å². The van der Waals surface area contributed by atoms with Crippen molar-refractivity contribution in [3.05, 3.63) is 107 Å². The molecule has 0 aliphatic carbocycles. The van der Waals surface area contributed by atoms with Gasteiger partial charge in [0, 0.05) is 5.75 Å². The summed E-state index contributed by atoms with van der Waals surface area (Å²) in [6.07, 6.45) is 0.411. The van der Waals surface area contributed by atoms with Gasteiger partial charge in [0.2, 0.25) is 5.89 Å². The molecule has 0 amide bonds. The van der Waals surface area contributed by atoms with Gasteiger partial charge in [0.25, 0.3) is 5.22 Å². The molecule has 0 saturated heterocycles. The minimum atomic E-state index is -0.272. The molecule has 4 nitrogen and oxygen atoms in total. The Morgan fingerprint density at radius 3 is 2.48 bits per heavy atom. The molecule has 4 rings (SSSR count). The maximum absolute atomic E-state index is 13.3. The maximum atomic E-state index is 13.3. The fourth-order valence-electron chi connectivity index (χ4n) is 2.80. The molecule has 0 saturated carbocycles. The van der Waals surface area contributed by atoms with Crippen molar-refractivity contribution >= 4 is 11.8 Å². The van der Waals surface area contributed by atoms with Crippen LogP contribution in [0.25, 0.3) is 0 Å². The summed E-state index contributed by atoms with van der Waals surface area (Å²) in [5, 5.41) is 8.61. The topological polar surface area (TPSA) is 48.2 Å². The normalized spacial score (nSPS) is 10.8. The first-order valence-corrected chi connectivity index (χ1v) is 10.2. The molecule has 0 fully saturated rings. The molecule has 29 heavy (non-hydrogen) atoms. The molecule has 0 atom stereocenters. The summed E-state index contributed by atoms with van der Waals surface area (Å²) >= 11 is 1.46. The number of hydrogen-bond donors (Lipinski definition) is 0. The Kier molecular flexibility index (Phi) is 6.22. The molecule has 6 heteroatoms. The van der Waals surface area contributed by atoms with Crippen molar-refractivity contribution in [1.29, 1.82) is 0 Å². The minimum absolute atomic E-state index is 0.272. The fourth-order valence-corrected chi connectivity index (χ4v) is 3.52. The van der Waals surface area contributed by atoms with E-state index in [0.29, 0.717) is 29.9 Å². The van der Waals surface area contributed by atoms with Gasteiger partial charge in [-0.2, -0.15) is 0 Å². The summed E-state index contributed by atoms with van der Waals surface area (Å²) in [6, 6.07) is 24.4. The first kappa shape index (κ1) is 19.2. The van der Waals surface area contributed by atoms with E-state index in [1.165, 1.54) is 23.9 Å². The van der Waals surface area contributed by atoms with E-state index in [-0.39, 0.29) is 5.82 Å². The summed E-state index contributed by atoms with van der Waals surface area (Å²) in [6.45, 7) is 0.532. The number of aromatic nitrogens is 2. The summed E-state index contributed by atoms with van der Waals surface area (Å²) in [5.74, 6) is 1.71. The van der Waals surface area contributed by atoms with Gasteiger partial charge in [-0.3, -0.25) is 0 Å². The fraction of sp³-hybridized carbons (Fsp3) is 0.130. The quantitative estimate of drug-likeness (QED) is 0.353. The summed E-state index contributed by atoms with van der Waals surface area (Å²) in [4.78, 5) is 0. The Morgan fingerprint density at radius 2 is 1.62 bits per heavy atom. The monoisotopic (exact) mass is 406 g/mol. The Bertz CT molecular complexity index is 1070. The van der Waals surface area contributed by atoms with E-state index in [2.05, 4.69) is 10.2 Å². The molecule has 0 aliphatic rings. The molecule has 1 aromatic heterocycles. The van der Waals surface area contributed by atoms with Gasteiger partial charge in [0.1, 0.15) is 18.2 Å². The van der Waals surface area contributed by atoms with E-state index in [1.54, 1.807) is 6.07 Å². The molecule has 0 aliphatic heterocycles. The van der Waals surface area contributed by atoms with Crippen molar-refractivity contribution in [2.24, 2.45) is 0 Å². The summed E-state index contributed by atoms with van der Waals surface area (Å²) < 4.78 is 24.8. The van der Waals surface area contributed by atoms with Crippen molar-refractivity contribution in [2.45, 2.75) is 24.0 Å². The van der Waals surface area contributed by atoms with Gasteiger partial charge in [0.15, 0.2) is 0 Å². The van der Waals surface area contributed by atoms with E-state index in [4.69, 9.17) is 9.15 Å². The third kappa shape index (κ3) is 5.68. The maximum Gasteiger partial charge on any atom is 0.276 e. The highest BCUT2D eigenvalue weighted by molar-refractivity contribution is 7.98. The van der Waals surface area contributed by atoms with E-state index < -0.39 is 0 Å². The summed E-state index contributed by atoms with van der Waals surface area (Å²) in [5.41, 5.74) is 3.03. The average molecular weight is 406 g/mol. The average Bonchev–Trinajstić information content (AvgIpc) is 3.19.